The molecule has 1 amide bonds. The van der Waals surface area contributed by atoms with Crippen LogP contribution < -0.4 is 5.32 Å². The number of aromatic nitrogens is 4. The number of pyridine rings is 2. The van der Waals surface area contributed by atoms with Crippen molar-refractivity contribution < 1.29 is 18.0 Å². The van der Waals surface area contributed by atoms with E-state index in [1.165, 1.54) is 0 Å². The number of alkyl halides is 3. The first-order valence-corrected chi connectivity index (χ1v) is 11.5. The fourth-order valence-corrected chi connectivity index (χ4v) is 4.73. The van der Waals surface area contributed by atoms with Crippen molar-refractivity contribution in [1.29, 1.82) is 0 Å². The largest absolute Gasteiger partial charge is 0.419 e. The molecule has 0 bridgehead atoms. The lowest BCUT2D eigenvalue weighted by molar-refractivity contribution is -0.138. The third-order valence-corrected chi connectivity index (χ3v) is 6.75. The third kappa shape index (κ3) is 4.82. The van der Waals surface area contributed by atoms with Gasteiger partial charge in [0.2, 0.25) is 5.95 Å². The average molecular weight is 483 g/mol. The molecule has 7 nitrogen and oxygen atoms in total. The molecule has 182 valence electrons. The number of nitrogens with zero attached hydrogens (tertiary/aromatic N) is 5. The number of amides is 1. The Labute approximate surface area is 200 Å². The van der Waals surface area contributed by atoms with Gasteiger partial charge in [0.05, 0.1) is 11.3 Å². The van der Waals surface area contributed by atoms with Gasteiger partial charge in [-0.3, -0.25) is 9.78 Å². The predicted molar refractivity (Wildman–Crippen MR) is 124 cm³/mol. The molecule has 1 saturated carbocycles. The van der Waals surface area contributed by atoms with Crippen molar-refractivity contribution in [3.8, 4) is 11.3 Å². The summed E-state index contributed by atoms with van der Waals surface area (Å²) in [6, 6.07) is 7.40. The standard InChI is InChI=1S/C25H25F3N6O/c1-14-4-3-7-29-21(14)20-6-5-15(2)33-22(20)23(35)34-13-17-8-16(17)9-19(34)12-32-24-30-10-18(11-31-24)25(26,27)28/h3-7,10-11,16-17,19H,8-9,12-13H2,1-2H3,(H,30,31,32)/t16-,17+,19+/m1/s1. The maximum atomic E-state index is 13.8. The zero-order chi connectivity index (χ0) is 24.7. The van der Waals surface area contributed by atoms with Crippen LogP contribution in [0.25, 0.3) is 11.3 Å². The van der Waals surface area contributed by atoms with Crippen LogP contribution in [0, 0.1) is 25.7 Å². The van der Waals surface area contributed by atoms with Crippen LogP contribution in [0.15, 0.2) is 42.9 Å². The maximum Gasteiger partial charge on any atom is 0.419 e. The lowest BCUT2D eigenvalue weighted by Gasteiger charge is -2.35. The highest BCUT2D eigenvalue weighted by atomic mass is 19.4. The molecule has 0 spiro atoms. The van der Waals surface area contributed by atoms with Crippen LogP contribution >= 0.6 is 0 Å². The summed E-state index contributed by atoms with van der Waals surface area (Å²) in [6.07, 6.45) is 0.611. The molecule has 5 rings (SSSR count). The fourth-order valence-electron chi connectivity index (χ4n) is 4.73. The van der Waals surface area contributed by atoms with Crippen molar-refractivity contribution in [3.63, 3.8) is 0 Å². The van der Waals surface area contributed by atoms with Crippen LogP contribution in [0.1, 0.15) is 40.2 Å². The number of likely N-dealkylation sites (tertiary alicyclic amines) is 1. The van der Waals surface area contributed by atoms with E-state index in [0.717, 1.165) is 42.2 Å². The number of rotatable bonds is 5. The topological polar surface area (TPSA) is 83.9 Å². The molecular weight excluding hydrogens is 457 g/mol. The van der Waals surface area contributed by atoms with Crippen molar-refractivity contribution in [2.45, 2.75) is 38.9 Å². The van der Waals surface area contributed by atoms with Crippen LogP contribution in [0.3, 0.4) is 0 Å². The van der Waals surface area contributed by atoms with Gasteiger partial charge >= 0.3 is 6.18 Å². The Morgan fingerprint density at radius 1 is 1.09 bits per heavy atom. The molecule has 1 aliphatic carbocycles. The highest BCUT2D eigenvalue weighted by Gasteiger charge is 2.47. The molecule has 3 aromatic heterocycles. The van der Waals surface area contributed by atoms with Crippen molar-refractivity contribution in [2.75, 3.05) is 18.4 Å². The van der Waals surface area contributed by atoms with Crippen LogP contribution in [-0.4, -0.2) is 49.9 Å². The minimum atomic E-state index is -4.49. The molecule has 3 aromatic rings. The molecule has 2 fully saturated rings. The molecular formula is C25H25F3N6O. The monoisotopic (exact) mass is 482 g/mol. The Morgan fingerprint density at radius 3 is 2.57 bits per heavy atom. The van der Waals surface area contributed by atoms with Gasteiger partial charge in [0.25, 0.3) is 5.91 Å². The number of aryl methyl sites for hydroxylation is 2. The van der Waals surface area contributed by atoms with Crippen LogP contribution in [0.4, 0.5) is 19.1 Å². The molecule has 3 atom stereocenters. The van der Waals surface area contributed by atoms with Crippen LogP contribution in [0.5, 0.6) is 0 Å². The van der Waals surface area contributed by atoms with E-state index in [4.69, 9.17) is 0 Å². The molecule has 1 saturated heterocycles. The number of anilines is 1. The summed E-state index contributed by atoms with van der Waals surface area (Å²) < 4.78 is 38.4. The van der Waals surface area contributed by atoms with Crippen molar-refractivity contribution in [2.24, 2.45) is 11.8 Å². The Balaban J connectivity index is 1.39. The molecule has 1 aliphatic heterocycles. The SMILES string of the molecule is Cc1ccc(-c2ncccc2C)c(C(=O)N2C[C@@H]3C[C@@H]3C[C@H]2CNc2ncc(C(F)(F)F)cn2)n1. The van der Waals surface area contributed by atoms with Crippen molar-refractivity contribution in [3.05, 3.63) is 65.4 Å². The van der Waals surface area contributed by atoms with Gasteiger partial charge in [-0.25, -0.2) is 15.0 Å². The molecule has 2 aliphatic rings. The lowest BCUT2D eigenvalue weighted by atomic mass is 9.99. The second-order valence-electron chi connectivity index (χ2n) is 9.29. The molecule has 35 heavy (non-hydrogen) atoms. The summed E-state index contributed by atoms with van der Waals surface area (Å²) in [5.41, 5.74) is 2.56. The number of carbonyl (C=O) groups excluding carboxylic acids is 1. The van der Waals surface area contributed by atoms with E-state index in [1.807, 2.05) is 43.0 Å². The summed E-state index contributed by atoms with van der Waals surface area (Å²) in [5.74, 6) is 0.964. The molecule has 1 N–H and O–H groups in total. The molecule has 0 radical (unpaired) electrons. The van der Waals surface area contributed by atoms with E-state index in [-0.39, 0.29) is 17.9 Å². The minimum Gasteiger partial charge on any atom is -0.352 e. The first-order valence-electron chi connectivity index (χ1n) is 11.5. The lowest BCUT2D eigenvalue weighted by Crippen LogP contribution is -2.48. The number of hydrogen-bond acceptors (Lipinski definition) is 6. The summed E-state index contributed by atoms with van der Waals surface area (Å²) in [4.78, 5) is 32.4. The van der Waals surface area contributed by atoms with E-state index in [9.17, 15) is 18.0 Å². The zero-order valence-corrected chi connectivity index (χ0v) is 19.4. The van der Waals surface area contributed by atoms with Gasteiger partial charge in [-0.1, -0.05) is 6.07 Å². The second-order valence-corrected chi connectivity index (χ2v) is 9.29. The quantitative estimate of drug-likeness (QED) is 0.575. The Hall–Kier alpha value is -3.56. The molecule has 4 heterocycles. The molecule has 0 aromatic carbocycles. The summed E-state index contributed by atoms with van der Waals surface area (Å²) in [5, 5.41) is 3.02. The number of fused-ring (bicyclic) bond motifs is 1. The Kier molecular flexibility index (Phi) is 5.90. The van der Waals surface area contributed by atoms with Gasteiger partial charge in [0, 0.05) is 49.0 Å². The molecule has 0 unspecified atom stereocenters. The predicted octanol–water partition coefficient (Wildman–Crippen LogP) is 4.53. The van der Waals surface area contributed by atoms with Gasteiger partial charge in [0.15, 0.2) is 0 Å². The smallest absolute Gasteiger partial charge is 0.352 e. The number of piperidine rings is 1. The summed E-state index contributed by atoms with van der Waals surface area (Å²) >= 11 is 0. The highest BCUT2D eigenvalue weighted by molar-refractivity contribution is 5.99. The second kappa shape index (κ2) is 8.90. The number of hydrogen-bond donors (Lipinski definition) is 1. The number of nitrogens with one attached hydrogen (secondary N) is 1. The van der Waals surface area contributed by atoms with E-state index in [1.54, 1.807) is 6.20 Å². The number of halogens is 3. The number of carbonyl (C=O) groups is 1. The normalized spacial score (nSPS) is 21.4. The zero-order valence-electron chi connectivity index (χ0n) is 19.4. The minimum absolute atomic E-state index is 0.0989. The van der Waals surface area contributed by atoms with E-state index in [0.29, 0.717) is 36.2 Å². The Bertz CT molecular complexity index is 1250. The summed E-state index contributed by atoms with van der Waals surface area (Å²) in [7, 11) is 0. The average Bonchev–Trinajstić information content (AvgIpc) is 3.60. The Morgan fingerprint density at radius 2 is 1.86 bits per heavy atom. The van der Waals surface area contributed by atoms with E-state index >= 15 is 0 Å². The van der Waals surface area contributed by atoms with Gasteiger partial charge in [-0.05, 0) is 62.3 Å². The maximum absolute atomic E-state index is 13.8. The summed E-state index contributed by atoms with van der Waals surface area (Å²) in [6.45, 7) is 4.76. The van der Waals surface area contributed by atoms with Gasteiger partial charge in [0.1, 0.15) is 5.69 Å². The highest BCUT2D eigenvalue weighted by Crippen LogP contribution is 2.47. The molecule has 10 heteroatoms. The van der Waals surface area contributed by atoms with Gasteiger partial charge < -0.3 is 10.2 Å². The van der Waals surface area contributed by atoms with Crippen molar-refractivity contribution >= 4 is 11.9 Å². The van der Waals surface area contributed by atoms with Crippen molar-refractivity contribution in [1.82, 2.24) is 24.8 Å². The van der Waals surface area contributed by atoms with E-state index in [2.05, 4.69) is 25.3 Å². The first-order chi connectivity index (χ1) is 16.7. The van der Waals surface area contributed by atoms with Gasteiger partial charge in [-0.2, -0.15) is 13.2 Å². The first kappa shape index (κ1) is 23.2. The third-order valence-electron chi connectivity index (χ3n) is 6.75. The van der Waals surface area contributed by atoms with Gasteiger partial charge in [-0.15, -0.1) is 0 Å². The van der Waals surface area contributed by atoms with E-state index < -0.39 is 11.7 Å². The van der Waals surface area contributed by atoms with Crippen LogP contribution in [0.2, 0.25) is 0 Å². The fraction of sp³-hybridized carbons (Fsp3) is 0.400. The van der Waals surface area contributed by atoms with Crippen LogP contribution in [-0.2, 0) is 6.18 Å².